The van der Waals surface area contributed by atoms with E-state index in [1.165, 1.54) is 10.5 Å². The minimum atomic E-state index is -4.12. The van der Waals surface area contributed by atoms with Crippen LogP contribution >= 0.6 is 0 Å². The number of benzene rings is 1. The Morgan fingerprint density at radius 2 is 1.84 bits per heavy atom. The van der Waals surface area contributed by atoms with Crippen LogP contribution in [-0.4, -0.2) is 92.3 Å². The second-order valence-electron chi connectivity index (χ2n) is 8.30. The van der Waals surface area contributed by atoms with E-state index in [-0.39, 0.29) is 5.92 Å². The molecule has 0 aliphatic carbocycles. The van der Waals surface area contributed by atoms with E-state index in [4.69, 9.17) is 4.99 Å². The van der Waals surface area contributed by atoms with E-state index in [0.717, 1.165) is 51.6 Å². The first-order valence-corrected chi connectivity index (χ1v) is 11.2. The van der Waals surface area contributed by atoms with Gasteiger partial charge in [0, 0.05) is 52.4 Å². The zero-order valence-corrected chi connectivity index (χ0v) is 18.3. The average Bonchev–Trinajstić information content (AvgIpc) is 3.18. The van der Waals surface area contributed by atoms with E-state index in [2.05, 4.69) is 39.4 Å². The number of halogens is 3. The van der Waals surface area contributed by atoms with E-state index in [1.54, 1.807) is 0 Å². The fourth-order valence-electron chi connectivity index (χ4n) is 4.14. The van der Waals surface area contributed by atoms with Crippen LogP contribution < -0.4 is 5.32 Å². The molecule has 2 heterocycles. The van der Waals surface area contributed by atoms with Crippen molar-refractivity contribution >= 4 is 12.0 Å². The molecule has 0 aromatic heterocycles. The number of hydrogen-bond donors (Lipinski definition) is 1. The van der Waals surface area contributed by atoms with Gasteiger partial charge < -0.3 is 10.2 Å². The number of piperazine rings is 1. The normalized spacial score (nSPS) is 21.9. The van der Waals surface area contributed by atoms with Crippen molar-refractivity contribution in [1.82, 2.24) is 20.0 Å². The topological polar surface area (TPSA) is 34.1 Å². The van der Waals surface area contributed by atoms with Gasteiger partial charge in [-0.15, -0.1) is 0 Å². The van der Waals surface area contributed by atoms with Crippen LogP contribution in [0, 0.1) is 5.92 Å². The molecule has 5 nitrogen and oxygen atoms in total. The van der Waals surface area contributed by atoms with Gasteiger partial charge in [-0.3, -0.25) is 14.8 Å². The molecule has 0 spiro atoms. The molecule has 1 atom stereocenters. The van der Waals surface area contributed by atoms with Crippen molar-refractivity contribution in [1.29, 1.82) is 0 Å². The third kappa shape index (κ3) is 8.18. The van der Waals surface area contributed by atoms with E-state index < -0.39 is 12.7 Å². The number of guanidine groups is 1. The summed E-state index contributed by atoms with van der Waals surface area (Å²) in [5, 5.41) is 3.36. The van der Waals surface area contributed by atoms with Crippen LogP contribution in [0.25, 0.3) is 6.08 Å². The molecule has 0 saturated carbocycles. The van der Waals surface area contributed by atoms with Crippen molar-refractivity contribution < 1.29 is 13.2 Å². The Labute approximate surface area is 183 Å². The molecule has 31 heavy (non-hydrogen) atoms. The molecular formula is C23H34F3N5. The molecular weight excluding hydrogens is 403 g/mol. The standard InChI is InChI=1S/C23H34F3N5/c1-2-27-22(28-17-21-10-12-30(18-21)19-23(24,25)26)31-15-13-29(14-16-31)11-6-9-20-7-4-3-5-8-20/h3-9,21H,2,10-19H2,1H3,(H,27,28)/b9-6+. The van der Waals surface area contributed by atoms with Crippen molar-refractivity contribution in [2.24, 2.45) is 10.9 Å². The summed E-state index contributed by atoms with van der Waals surface area (Å²) in [6.07, 6.45) is 1.02. The second kappa shape index (κ2) is 11.5. The molecule has 0 bridgehead atoms. The third-order valence-electron chi connectivity index (χ3n) is 5.75. The Morgan fingerprint density at radius 1 is 1.10 bits per heavy atom. The lowest BCUT2D eigenvalue weighted by atomic mass is 10.1. The van der Waals surface area contributed by atoms with Crippen LogP contribution in [0.15, 0.2) is 41.4 Å². The summed E-state index contributed by atoms with van der Waals surface area (Å²) in [6, 6.07) is 10.3. The molecule has 1 unspecified atom stereocenters. The van der Waals surface area contributed by atoms with Gasteiger partial charge in [-0.2, -0.15) is 13.2 Å². The quantitative estimate of drug-likeness (QED) is 0.525. The fourth-order valence-corrected chi connectivity index (χ4v) is 4.14. The van der Waals surface area contributed by atoms with Gasteiger partial charge in [-0.1, -0.05) is 42.5 Å². The zero-order valence-electron chi connectivity index (χ0n) is 18.3. The van der Waals surface area contributed by atoms with E-state index in [0.29, 0.717) is 19.6 Å². The Balaban J connectivity index is 1.44. The highest BCUT2D eigenvalue weighted by molar-refractivity contribution is 5.80. The molecule has 172 valence electrons. The first-order chi connectivity index (χ1) is 14.9. The van der Waals surface area contributed by atoms with Gasteiger partial charge in [0.2, 0.25) is 0 Å². The Morgan fingerprint density at radius 3 is 2.52 bits per heavy atom. The van der Waals surface area contributed by atoms with E-state index >= 15 is 0 Å². The van der Waals surface area contributed by atoms with E-state index in [1.807, 2.05) is 25.1 Å². The summed E-state index contributed by atoms with van der Waals surface area (Å²) in [4.78, 5) is 11.0. The van der Waals surface area contributed by atoms with Gasteiger partial charge in [-0.25, -0.2) is 0 Å². The van der Waals surface area contributed by atoms with Gasteiger partial charge in [0.25, 0.3) is 0 Å². The fraction of sp³-hybridized carbons (Fsp3) is 0.609. The Bertz CT molecular complexity index is 712. The number of likely N-dealkylation sites (tertiary alicyclic amines) is 1. The lowest BCUT2D eigenvalue weighted by Gasteiger charge is -2.36. The Kier molecular flexibility index (Phi) is 8.78. The SMILES string of the molecule is CCNC(=NCC1CCN(CC(F)(F)F)C1)N1CCN(C/C=C/c2ccccc2)CC1. The molecule has 0 radical (unpaired) electrons. The van der Waals surface area contributed by atoms with Crippen LogP contribution in [0.5, 0.6) is 0 Å². The summed E-state index contributed by atoms with van der Waals surface area (Å²) in [5.74, 6) is 1.08. The minimum absolute atomic E-state index is 0.195. The highest BCUT2D eigenvalue weighted by atomic mass is 19.4. The maximum absolute atomic E-state index is 12.6. The molecule has 0 amide bonds. The molecule has 2 aliphatic heterocycles. The monoisotopic (exact) mass is 437 g/mol. The van der Waals surface area contributed by atoms with Crippen molar-refractivity contribution in [2.75, 3.05) is 65.4 Å². The number of nitrogens with zero attached hydrogens (tertiary/aromatic N) is 4. The van der Waals surface area contributed by atoms with Crippen molar-refractivity contribution in [3.8, 4) is 0 Å². The van der Waals surface area contributed by atoms with Gasteiger partial charge in [0.15, 0.2) is 5.96 Å². The average molecular weight is 438 g/mol. The number of alkyl halides is 3. The van der Waals surface area contributed by atoms with Crippen LogP contribution in [0.1, 0.15) is 18.9 Å². The molecule has 1 N–H and O–H groups in total. The minimum Gasteiger partial charge on any atom is -0.357 e. The van der Waals surface area contributed by atoms with Crippen molar-refractivity contribution in [3.63, 3.8) is 0 Å². The maximum Gasteiger partial charge on any atom is 0.401 e. The molecule has 2 fully saturated rings. The predicted octanol–water partition coefficient (Wildman–Crippen LogP) is 3.17. The maximum atomic E-state index is 12.6. The van der Waals surface area contributed by atoms with Gasteiger partial charge in [-0.05, 0) is 31.4 Å². The molecule has 2 aliphatic rings. The summed E-state index contributed by atoms with van der Waals surface area (Å²) >= 11 is 0. The van der Waals surface area contributed by atoms with Gasteiger partial charge in [0.1, 0.15) is 0 Å². The van der Waals surface area contributed by atoms with Crippen molar-refractivity contribution in [2.45, 2.75) is 19.5 Å². The summed E-state index contributed by atoms with van der Waals surface area (Å²) in [6.45, 7) is 8.22. The number of nitrogens with one attached hydrogen (secondary N) is 1. The summed E-state index contributed by atoms with van der Waals surface area (Å²) in [5.41, 5.74) is 1.21. The number of aliphatic imine (C=N–C) groups is 1. The van der Waals surface area contributed by atoms with Gasteiger partial charge in [0.05, 0.1) is 6.54 Å². The summed E-state index contributed by atoms with van der Waals surface area (Å²) in [7, 11) is 0. The number of hydrogen-bond acceptors (Lipinski definition) is 3. The highest BCUT2D eigenvalue weighted by Gasteiger charge is 2.34. The third-order valence-corrected chi connectivity index (χ3v) is 5.75. The molecule has 8 heteroatoms. The molecule has 3 rings (SSSR count). The number of rotatable bonds is 7. The largest absolute Gasteiger partial charge is 0.401 e. The van der Waals surface area contributed by atoms with E-state index in [9.17, 15) is 13.2 Å². The molecule has 1 aromatic rings. The molecule has 1 aromatic carbocycles. The summed E-state index contributed by atoms with van der Waals surface area (Å²) < 4.78 is 37.8. The second-order valence-corrected chi connectivity index (χ2v) is 8.30. The van der Waals surface area contributed by atoms with Crippen LogP contribution in [0.4, 0.5) is 13.2 Å². The predicted molar refractivity (Wildman–Crippen MR) is 120 cm³/mol. The Hall–Kier alpha value is -2.06. The smallest absolute Gasteiger partial charge is 0.357 e. The molecule has 2 saturated heterocycles. The highest BCUT2D eigenvalue weighted by Crippen LogP contribution is 2.23. The first kappa shape index (κ1) is 23.6. The van der Waals surface area contributed by atoms with Crippen LogP contribution in [0.3, 0.4) is 0 Å². The lowest BCUT2D eigenvalue weighted by Crippen LogP contribution is -2.52. The van der Waals surface area contributed by atoms with Crippen LogP contribution in [-0.2, 0) is 0 Å². The zero-order chi connectivity index (χ0) is 22.1. The lowest BCUT2D eigenvalue weighted by molar-refractivity contribution is -0.143. The van der Waals surface area contributed by atoms with Crippen LogP contribution in [0.2, 0.25) is 0 Å². The first-order valence-electron chi connectivity index (χ1n) is 11.2. The van der Waals surface area contributed by atoms with Crippen molar-refractivity contribution in [3.05, 3.63) is 42.0 Å². The van der Waals surface area contributed by atoms with Gasteiger partial charge >= 0.3 is 6.18 Å².